The second-order valence-electron chi connectivity index (χ2n) is 12.4. The zero-order valence-electron chi connectivity index (χ0n) is 26.4. The number of rotatable bonds is 8. The number of carbonyl (C=O) groups excluding carboxylic acids is 2. The molecule has 1 atom stereocenters. The van der Waals surface area contributed by atoms with E-state index < -0.39 is 6.04 Å². The minimum absolute atomic E-state index is 0.0797. The Labute approximate surface area is 269 Å². The van der Waals surface area contributed by atoms with Gasteiger partial charge in [-0.15, -0.1) is 10.2 Å². The molecule has 2 aliphatic heterocycles. The molecule has 238 valence electrons. The van der Waals surface area contributed by atoms with Crippen LogP contribution < -0.4 is 19.3 Å². The van der Waals surface area contributed by atoms with Gasteiger partial charge >= 0.3 is 0 Å². The van der Waals surface area contributed by atoms with Crippen LogP contribution in [0.25, 0.3) is 0 Å². The molecular formula is C34H41ClN6O4. The van der Waals surface area contributed by atoms with Crippen LogP contribution in [0.15, 0.2) is 48.5 Å². The van der Waals surface area contributed by atoms with E-state index in [2.05, 4.69) is 20.0 Å². The Balaban J connectivity index is 1.18. The van der Waals surface area contributed by atoms with Gasteiger partial charge in [0.1, 0.15) is 0 Å². The van der Waals surface area contributed by atoms with Crippen molar-refractivity contribution >= 4 is 35.1 Å². The average molecular weight is 633 g/mol. The predicted molar refractivity (Wildman–Crippen MR) is 174 cm³/mol. The molecule has 1 aliphatic carbocycles. The van der Waals surface area contributed by atoms with Crippen LogP contribution in [0.4, 0.5) is 11.6 Å². The van der Waals surface area contributed by atoms with E-state index in [4.69, 9.17) is 21.1 Å². The lowest BCUT2D eigenvalue weighted by Crippen LogP contribution is -2.53. The fourth-order valence-corrected chi connectivity index (χ4v) is 7.15. The number of hydrogen-bond acceptors (Lipinski definition) is 8. The van der Waals surface area contributed by atoms with Gasteiger partial charge in [0.05, 0.1) is 33.2 Å². The van der Waals surface area contributed by atoms with Gasteiger partial charge in [0, 0.05) is 44.8 Å². The van der Waals surface area contributed by atoms with Crippen molar-refractivity contribution in [2.75, 3.05) is 64.3 Å². The number of amides is 2. The monoisotopic (exact) mass is 632 g/mol. The Bertz CT molecular complexity index is 1530. The smallest absolute Gasteiger partial charge is 0.236 e. The first kappa shape index (κ1) is 31.1. The molecule has 3 aromatic rings. The molecule has 0 radical (unpaired) electrons. The number of halogens is 1. The molecule has 3 aliphatic rings. The highest BCUT2D eigenvalue weighted by molar-refractivity contribution is 6.30. The van der Waals surface area contributed by atoms with Crippen LogP contribution in [0.5, 0.6) is 11.5 Å². The number of anilines is 2. The van der Waals surface area contributed by atoms with E-state index in [-0.39, 0.29) is 18.2 Å². The number of methoxy groups -OCH3 is 2. The van der Waals surface area contributed by atoms with Crippen molar-refractivity contribution in [1.29, 1.82) is 0 Å². The summed E-state index contributed by atoms with van der Waals surface area (Å²) >= 11 is 6.23. The fraction of sp³-hybridized carbons (Fsp3) is 0.471. The second-order valence-corrected chi connectivity index (χ2v) is 12.8. The van der Waals surface area contributed by atoms with E-state index in [0.717, 1.165) is 67.8 Å². The molecule has 0 spiro atoms. The molecule has 11 heteroatoms. The number of fused-ring (bicyclic) bond motifs is 1. The first-order chi connectivity index (χ1) is 21.7. The van der Waals surface area contributed by atoms with E-state index in [9.17, 15) is 9.59 Å². The largest absolute Gasteiger partial charge is 0.493 e. The van der Waals surface area contributed by atoms with Crippen LogP contribution in [0.2, 0.25) is 5.02 Å². The summed E-state index contributed by atoms with van der Waals surface area (Å²) in [4.78, 5) is 34.0. The van der Waals surface area contributed by atoms with Gasteiger partial charge in [0.2, 0.25) is 11.8 Å². The summed E-state index contributed by atoms with van der Waals surface area (Å²) in [7, 11) is 7.13. The third-order valence-corrected chi connectivity index (χ3v) is 9.87. The number of likely N-dealkylation sites (N-methyl/N-ethyl adjacent to an activating group) is 1. The van der Waals surface area contributed by atoms with Crippen LogP contribution in [-0.2, 0) is 16.0 Å². The van der Waals surface area contributed by atoms with Gasteiger partial charge in [-0.25, -0.2) is 0 Å². The van der Waals surface area contributed by atoms with E-state index in [1.165, 1.54) is 0 Å². The number of hydrogen-bond donors (Lipinski definition) is 0. The number of carbonyl (C=O) groups is 2. The summed E-state index contributed by atoms with van der Waals surface area (Å²) in [6, 6.07) is 15.2. The molecule has 3 heterocycles. The van der Waals surface area contributed by atoms with E-state index in [1.807, 2.05) is 67.5 Å². The lowest BCUT2D eigenvalue weighted by molar-refractivity contribution is -0.135. The Hall–Kier alpha value is -3.89. The van der Waals surface area contributed by atoms with Gasteiger partial charge in [-0.05, 0) is 84.7 Å². The molecule has 10 nitrogen and oxygen atoms in total. The number of benzene rings is 2. The van der Waals surface area contributed by atoms with Crippen LogP contribution in [-0.4, -0.2) is 92.3 Å². The molecule has 2 amide bonds. The normalized spacial score (nSPS) is 22.3. The Morgan fingerprint density at radius 1 is 0.911 bits per heavy atom. The highest BCUT2D eigenvalue weighted by Gasteiger charge is 2.37. The fourth-order valence-electron chi connectivity index (χ4n) is 7.02. The highest BCUT2D eigenvalue weighted by Crippen LogP contribution is 2.43. The summed E-state index contributed by atoms with van der Waals surface area (Å²) in [6.07, 6.45) is 4.68. The summed E-state index contributed by atoms with van der Waals surface area (Å²) in [5.41, 5.74) is 2.72. The van der Waals surface area contributed by atoms with E-state index in [0.29, 0.717) is 40.8 Å². The zero-order chi connectivity index (χ0) is 31.7. The molecule has 45 heavy (non-hydrogen) atoms. The summed E-state index contributed by atoms with van der Waals surface area (Å²) in [6.45, 7) is 3.20. The van der Waals surface area contributed by atoms with Crippen LogP contribution in [0, 0.1) is 5.92 Å². The molecule has 0 N–H and O–H groups in total. The van der Waals surface area contributed by atoms with Crippen molar-refractivity contribution in [3.05, 3.63) is 70.2 Å². The van der Waals surface area contributed by atoms with Gasteiger partial charge in [-0.1, -0.05) is 23.7 Å². The summed E-state index contributed by atoms with van der Waals surface area (Å²) in [5.74, 6) is 3.13. The standard InChI is InChI=1S/C34H41ClN6O4/c1-38-15-16-40(21-33(38)43)26-11-5-22(6-12-26)20-39(2)30-13-14-31(37-36-30)41-32(42)18-24-17-28(44-3)29(45-4)19-27(24)34(41)23-7-9-25(35)10-8-23/h7-10,13-14,17,19,22,26,34H,5-6,11-12,15-16,18,20-21H2,1-4H3/t22-,26-,34-/m0/s1. The lowest BCUT2D eigenvalue weighted by atomic mass is 9.84. The topological polar surface area (TPSA) is 91.3 Å². The molecule has 1 saturated heterocycles. The predicted octanol–water partition coefficient (Wildman–Crippen LogP) is 4.59. The second kappa shape index (κ2) is 13.2. The number of nitrogens with zero attached hydrogens (tertiary/aromatic N) is 6. The number of ether oxygens (including phenoxy) is 2. The third kappa shape index (κ3) is 6.44. The molecular weight excluding hydrogens is 592 g/mol. The van der Waals surface area contributed by atoms with Crippen LogP contribution in [0.3, 0.4) is 0 Å². The number of piperazine rings is 1. The van der Waals surface area contributed by atoms with E-state index >= 15 is 0 Å². The molecule has 0 unspecified atom stereocenters. The first-order valence-corrected chi connectivity index (χ1v) is 16.0. The molecule has 2 aromatic carbocycles. The first-order valence-electron chi connectivity index (χ1n) is 15.6. The quantitative estimate of drug-likeness (QED) is 0.356. The van der Waals surface area contributed by atoms with Crippen LogP contribution in [0.1, 0.15) is 48.4 Å². The van der Waals surface area contributed by atoms with Crippen molar-refractivity contribution in [3.63, 3.8) is 0 Å². The molecule has 0 bridgehead atoms. The van der Waals surface area contributed by atoms with Crippen molar-refractivity contribution < 1.29 is 19.1 Å². The summed E-state index contributed by atoms with van der Waals surface area (Å²) < 4.78 is 11.1. The molecule has 2 fully saturated rings. The van der Waals surface area contributed by atoms with Crippen molar-refractivity contribution in [2.45, 2.75) is 44.2 Å². The maximum absolute atomic E-state index is 13.7. The van der Waals surface area contributed by atoms with E-state index in [1.54, 1.807) is 19.1 Å². The Morgan fingerprint density at radius 3 is 2.27 bits per heavy atom. The lowest BCUT2D eigenvalue weighted by Gasteiger charge is -2.41. The average Bonchev–Trinajstić information content (AvgIpc) is 3.05. The molecule has 1 aromatic heterocycles. The SMILES string of the molecule is COc1cc2c(cc1OC)[C@H](c1ccc(Cl)cc1)N(c1ccc(N(C)C[C@H]3CC[C@H](N4CCN(C)C(=O)C4)CC3)nn1)C(=O)C2. The molecule has 6 rings (SSSR count). The van der Waals surface area contributed by atoms with Crippen molar-refractivity contribution in [1.82, 2.24) is 20.0 Å². The van der Waals surface area contributed by atoms with Crippen molar-refractivity contribution in [2.24, 2.45) is 5.92 Å². The maximum Gasteiger partial charge on any atom is 0.236 e. The minimum Gasteiger partial charge on any atom is -0.493 e. The number of aromatic nitrogens is 2. The highest BCUT2D eigenvalue weighted by atomic mass is 35.5. The van der Waals surface area contributed by atoms with Gasteiger partial charge in [-0.3, -0.25) is 19.4 Å². The van der Waals surface area contributed by atoms with Gasteiger partial charge in [0.25, 0.3) is 0 Å². The Morgan fingerprint density at radius 2 is 1.62 bits per heavy atom. The van der Waals surface area contributed by atoms with Gasteiger partial charge in [0.15, 0.2) is 23.1 Å². The van der Waals surface area contributed by atoms with Crippen LogP contribution >= 0.6 is 11.6 Å². The van der Waals surface area contributed by atoms with Gasteiger partial charge < -0.3 is 19.3 Å². The zero-order valence-corrected chi connectivity index (χ0v) is 27.2. The van der Waals surface area contributed by atoms with Gasteiger partial charge in [-0.2, -0.15) is 0 Å². The molecule has 1 saturated carbocycles. The Kier molecular flexibility index (Phi) is 9.14. The minimum atomic E-state index is -0.443. The maximum atomic E-state index is 13.7. The third-order valence-electron chi connectivity index (χ3n) is 9.62. The van der Waals surface area contributed by atoms with Crippen molar-refractivity contribution in [3.8, 4) is 11.5 Å². The summed E-state index contributed by atoms with van der Waals surface area (Å²) in [5, 5.41) is 9.79.